The first-order valence-electron chi connectivity index (χ1n) is 7.58. The lowest BCUT2D eigenvalue weighted by atomic mass is 10.1. The summed E-state index contributed by atoms with van der Waals surface area (Å²) in [6.45, 7) is 3.02. The van der Waals surface area contributed by atoms with Crippen molar-refractivity contribution in [3.8, 4) is 0 Å². The minimum absolute atomic E-state index is 0.613. The van der Waals surface area contributed by atoms with Gasteiger partial charge in [0.2, 0.25) is 0 Å². The Kier molecular flexibility index (Phi) is 7.72. The van der Waals surface area contributed by atoms with Crippen LogP contribution in [-0.2, 0) is 5.75 Å². The van der Waals surface area contributed by atoms with Crippen LogP contribution in [0.3, 0.4) is 0 Å². The molecule has 0 spiro atoms. The molecule has 0 aromatic heterocycles. The summed E-state index contributed by atoms with van der Waals surface area (Å²) in [6, 6.07) is 16.1. The number of benzene rings is 2. The molecule has 0 bridgehead atoms. The van der Waals surface area contributed by atoms with Gasteiger partial charge in [0.15, 0.2) is 5.11 Å². The highest BCUT2D eigenvalue weighted by Gasteiger charge is 2.01. The largest absolute Gasteiger partial charge is 0.362 e. The molecular weight excluding hydrogens is 344 g/mol. The summed E-state index contributed by atoms with van der Waals surface area (Å²) >= 11 is 13.3. The molecule has 0 fully saturated rings. The fraction of sp³-hybridized carbons (Fsp3) is 0.278. The maximum atomic E-state index is 6.09. The molecule has 0 aliphatic heterocycles. The van der Waals surface area contributed by atoms with E-state index < -0.39 is 0 Å². The Labute approximate surface area is 153 Å². The molecule has 2 aromatic rings. The Morgan fingerprint density at radius 1 is 1.13 bits per heavy atom. The lowest BCUT2D eigenvalue weighted by molar-refractivity contribution is 0.854. The van der Waals surface area contributed by atoms with E-state index >= 15 is 0 Å². The van der Waals surface area contributed by atoms with E-state index in [0.29, 0.717) is 10.1 Å². The van der Waals surface area contributed by atoms with E-state index in [-0.39, 0.29) is 0 Å². The lowest BCUT2D eigenvalue weighted by Gasteiger charge is -2.11. The van der Waals surface area contributed by atoms with Crippen molar-refractivity contribution in [3.05, 3.63) is 64.7 Å². The molecule has 0 saturated carbocycles. The van der Waals surface area contributed by atoms with E-state index in [2.05, 4.69) is 41.8 Å². The number of aryl methyl sites for hydroxylation is 1. The molecule has 2 N–H and O–H groups in total. The number of anilines is 1. The maximum absolute atomic E-state index is 6.09. The first-order valence-corrected chi connectivity index (χ1v) is 9.52. The summed E-state index contributed by atoms with van der Waals surface area (Å²) in [6.07, 6.45) is 1.07. The van der Waals surface area contributed by atoms with Crippen LogP contribution in [-0.4, -0.2) is 17.4 Å². The summed E-state index contributed by atoms with van der Waals surface area (Å²) < 4.78 is 0. The SMILES string of the molecule is Cc1ccccc1CSCCCNC(=S)Nc1ccccc1Cl. The van der Waals surface area contributed by atoms with Gasteiger partial charge in [-0.15, -0.1) is 0 Å². The van der Waals surface area contributed by atoms with Gasteiger partial charge in [-0.1, -0.05) is 48.0 Å². The molecule has 2 aromatic carbocycles. The molecule has 0 aliphatic carbocycles. The van der Waals surface area contributed by atoms with E-state index in [1.807, 2.05) is 36.0 Å². The summed E-state index contributed by atoms with van der Waals surface area (Å²) in [7, 11) is 0. The first-order chi connectivity index (χ1) is 11.2. The summed E-state index contributed by atoms with van der Waals surface area (Å²) in [4.78, 5) is 0. The van der Waals surface area contributed by atoms with Crippen LogP contribution in [0.2, 0.25) is 5.02 Å². The summed E-state index contributed by atoms with van der Waals surface area (Å²) in [5, 5.41) is 7.62. The molecule has 0 aliphatic rings. The number of thioether (sulfide) groups is 1. The minimum Gasteiger partial charge on any atom is -0.362 e. The monoisotopic (exact) mass is 364 g/mol. The smallest absolute Gasteiger partial charge is 0.170 e. The molecule has 5 heteroatoms. The van der Waals surface area contributed by atoms with Crippen molar-refractivity contribution >= 4 is 46.4 Å². The average molecular weight is 365 g/mol. The highest BCUT2D eigenvalue weighted by atomic mass is 35.5. The zero-order valence-corrected chi connectivity index (χ0v) is 15.5. The number of nitrogens with one attached hydrogen (secondary N) is 2. The highest BCUT2D eigenvalue weighted by Crippen LogP contribution is 2.20. The quantitative estimate of drug-likeness (QED) is 0.517. The van der Waals surface area contributed by atoms with E-state index in [0.717, 1.165) is 30.2 Å². The van der Waals surface area contributed by atoms with E-state index in [1.54, 1.807) is 0 Å². The summed E-state index contributed by atoms with van der Waals surface area (Å²) in [5.74, 6) is 2.17. The van der Waals surface area contributed by atoms with Gasteiger partial charge in [0.25, 0.3) is 0 Å². The molecule has 2 rings (SSSR count). The van der Waals surface area contributed by atoms with Crippen molar-refractivity contribution in [2.75, 3.05) is 17.6 Å². The first kappa shape index (κ1) is 18.1. The van der Waals surface area contributed by atoms with Crippen molar-refractivity contribution in [3.63, 3.8) is 0 Å². The standard InChI is InChI=1S/C18H21ClN2S2/c1-14-7-2-3-8-15(14)13-23-12-6-11-20-18(22)21-17-10-5-4-9-16(17)19/h2-5,7-10H,6,11-13H2,1H3,(H2,20,21,22). The van der Waals surface area contributed by atoms with Gasteiger partial charge in [-0.05, 0) is 54.6 Å². The molecule has 2 nitrogen and oxygen atoms in total. The minimum atomic E-state index is 0.613. The van der Waals surface area contributed by atoms with Crippen LogP contribution in [0.1, 0.15) is 17.5 Å². The van der Waals surface area contributed by atoms with Gasteiger partial charge in [-0.2, -0.15) is 11.8 Å². The second kappa shape index (κ2) is 9.81. The van der Waals surface area contributed by atoms with Crippen molar-refractivity contribution in [2.45, 2.75) is 19.1 Å². The molecular formula is C18H21ClN2S2. The topological polar surface area (TPSA) is 24.1 Å². The third kappa shape index (κ3) is 6.42. The average Bonchev–Trinajstić information content (AvgIpc) is 2.54. The van der Waals surface area contributed by atoms with Gasteiger partial charge in [0.05, 0.1) is 10.7 Å². The Morgan fingerprint density at radius 3 is 2.65 bits per heavy atom. The highest BCUT2D eigenvalue weighted by molar-refractivity contribution is 7.98. The number of thiocarbonyl (C=S) groups is 1. The van der Waals surface area contributed by atoms with Crippen LogP contribution in [0.5, 0.6) is 0 Å². The molecule has 0 heterocycles. The summed E-state index contributed by atoms with van der Waals surface area (Å²) in [5.41, 5.74) is 3.62. The Bertz CT molecular complexity index is 646. The van der Waals surface area contributed by atoms with Crippen LogP contribution in [0.25, 0.3) is 0 Å². The van der Waals surface area contributed by atoms with Crippen LogP contribution < -0.4 is 10.6 Å². The fourth-order valence-electron chi connectivity index (χ4n) is 2.06. The number of para-hydroxylation sites is 1. The second-order valence-corrected chi connectivity index (χ2v) is 7.11. The second-order valence-electron chi connectivity index (χ2n) is 5.19. The number of hydrogen-bond acceptors (Lipinski definition) is 2. The lowest BCUT2D eigenvalue weighted by Crippen LogP contribution is -2.29. The van der Waals surface area contributed by atoms with Gasteiger partial charge in [-0.3, -0.25) is 0 Å². The van der Waals surface area contributed by atoms with E-state index in [1.165, 1.54) is 11.1 Å². The molecule has 0 saturated heterocycles. The maximum Gasteiger partial charge on any atom is 0.170 e. The molecule has 23 heavy (non-hydrogen) atoms. The number of rotatable bonds is 7. The van der Waals surface area contributed by atoms with Crippen LogP contribution in [0.15, 0.2) is 48.5 Å². The molecule has 0 atom stereocenters. The van der Waals surface area contributed by atoms with Crippen LogP contribution in [0, 0.1) is 6.92 Å². The zero-order chi connectivity index (χ0) is 16.5. The van der Waals surface area contributed by atoms with Crippen LogP contribution >= 0.6 is 35.6 Å². The number of halogens is 1. The molecule has 122 valence electrons. The van der Waals surface area contributed by atoms with Crippen molar-refractivity contribution in [1.29, 1.82) is 0 Å². The third-order valence-electron chi connectivity index (χ3n) is 3.39. The van der Waals surface area contributed by atoms with Gasteiger partial charge in [0.1, 0.15) is 0 Å². The predicted octanol–water partition coefficient (Wildman–Crippen LogP) is 5.26. The normalized spacial score (nSPS) is 10.3. The van der Waals surface area contributed by atoms with E-state index in [4.69, 9.17) is 23.8 Å². The number of hydrogen-bond donors (Lipinski definition) is 2. The Morgan fingerprint density at radius 2 is 1.87 bits per heavy atom. The molecule has 0 amide bonds. The zero-order valence-electron chi connectivity index (χ0n) is 13.1. The predicted molar refractivity (Wildman–Crippen MR) is 108 cm³/mol. The van der Waals surface area contributed by atoms with Crippen molar-refractivity contribution < 1.29 is 0 Å². The van der Waals surface area contributed by atoms with E-state index in [9.17, 15) is 0 Å². The van der Waals surface area contributed by atoms with Crippen LogP contribution in [0.4, 0.5) is 5.69 Å². The van der Waals surface area contributed by atoms with Crippen molar-refractivity contribution in [2.24, 2.45) is 0 Å². The van der Waals surface area contributed by atoms with Gasteiger partial charge >= 0.3 is 0 Å². The Hall–Kier alpha value is -1.23. The Balaban J connectivity index is 1.59. The van der Waals surface area contributed by atoms with Gasteiger partial charge < -0.3 is 10.6 Å². The third-order valence-corrected chi connectivity index (χ3v) is 5.06. The van der Waals surface area contributed by atoms with Gasteiger partial charge in [0, 0.05) is 12.3 Å². The fourth-order valence-corrected chi connectivity index (χ4v) is 3.49. The molecule has 0 radical (unpaired) electrons. The molecule has 0 unspecified atom stereocenters. The van der Waals surface area contributed by atoms with Gasteiger partial charge in [-0.25, -0.2) is 0 Å². The van der Waals surface area contributed by atoms with Crippen molar-refractivity contribution in [1.82, 2.24) is 5.32 Å².